The van der Waals surface area contributed by atoms with Crippen LogP contribution in [-0.2, 0) is 6.42 Å². The van der Waals surface area contributed by atoms with Crippen molar-refractivity contribution in [2.75, 3.05) is 31.2 Å². The zero-order chi connectivity index (χ0) is 12.0. The summed E-state index contributed by atoms with van der Waals surface area (Å²) in [7, 11) is 0. The highest BCUT2D eigenvalue weighted by molar-refractivity contribution is 6.30. The fourth-order valence-electron chi connectivity index (χ4n) is 1.52. The van der Waals surface area contributed by atoms with Crippen molar-refractivity contribution < 1.29 is 10.2 Å². The first-order valence-corrected chi connectivity index (χ1v) is 5.58. The molecule has 1 heterocycles. The summed E-state index contributed by atoms with van der Waals surface area (Å²) in [5.41, 5.74) is 0.839. The van der Waals surface area contributed by atoms with Gasteiger partial charge in [-0.2, -0.15) is 0 Å². The minimum atomic E-state index is 0.00474. The number of anilines is 1. The number of nitrogens with zero attached hydrogens (tertiary/aromatic N) is 3. The molecule has 0 saturated heterocycles. The average molecular weight is 246 g/mol. The van der Waals surface area contributed by atoms with Gasteiger partial charge in [0, 0.05) is 18.7 Å². The van der Waals surface area contributed by atoms with Gasteiger partial charge in [0.25, 0.3) is 0 Å². The van der Waals surface area contributed by atoms with Gasteiger partial charge in [-0.25, -0.2) is 9.97 Å². The SMILES string of the molecule is CCc1c(Cl)ncnc1N(CCO)CCO. The topological polar surface area (TPSA) is 69.5 Å². The summed E-state index contributed by atoms with van der Waals surface area (Å²) in [4.78, 5) is 9.87. The van der Waals surface area contributed by atoms with Crippen molar-refractivity contribution in [1.82, 2.24) is 9.97 Å². The molecule has 0 atom stereocenters. The minimum Gasteiger partial charge on any atom is -0.395 e. The molecule has 2 N–H and O–H groups in total. The molecule has 0 amide bonds. The molecule has 0 radical (unpaired) electrons. The number of hydrogen-bond acceptors (Lipinski definition) is 5. The standard InChI is InChI=1S/C10H16ClN3O2/c1-2-8-9(11)12-7-13-10(8)14(3-5-15)4-6-16/h7,15-16H,2-6H2,1H3. The largest absolute Gasteiger partial charge is 0.395 e. The van der Waals surface area contributed by atoms with E-state index in [9.17, 15) is 0 Å². The summed E-state index contributed by atoms with van der Waals surface area (Å²) >= 11 is 5.97. The van der Waals surface area contributed by atoms with E-state index in [4.69, 9.17) is 21.8 Å². The van der Waals surface area contributed by atoms with Crippen LogP contribution in [0.15, 0.2) is 6.33 Å². The second kappa shape index (κ2) is 6.62. The predicted octanol–water partition coefficient (Wildman–Crippen LogP) is 0.483. The van der Waals surface area contributed by atoms with E-state index in [1.165, 1.54) is 6.33 Å². The van der Waals surface area contributed by atoms with Crippen molar-refractivity contribution in [2.45, 2.75) is 13.3 Å². The first kappa shape index (κ1) is 13.2. The molecule has 0 aliphatic rings. The van der Waals surface area contributed by atoms with Crippen LogP contribution in [0.25, 0.3) is 0 Å². The van der Waals surface area contributed by atoms with E-state index in [0.717, 1.165) is 5.56 Å². The maximum Gasteiger partial charge on any atom is 0.137 e. The quantitative estimate of drug-likeness (QED) is 0.714. The zero-order valence-electron chi connectivity index (χ0n) is 9.23. The van der Waals surface area contributed by atoms with Crippen molar-refractivity contribution in [3.8, 4) is 0 Å². The highest BCUT2D eigenvalue weighted by Crippen LogP contribution is 2.23. The number of hydrogen-bond donors (Lipinski definition) is 2. The Balaban J connectivity index is 3.02. The third-order valence-electron chi connectivity index (χ3n) is 2.26. The van der Waals surface area contributed by atoms with Crippen molar-refractivity contribution in [2.24, 2.45) is 0 Å². The summed E-state index contributed by atoms with van der Waals surface area (Å²) in [5.74, 6) is 0.686. The number of aliphatic hydroxyl groups excluding tert-OH is 2. The lowest BCUT2D eigenvalue weighted by atomic mass is 10.2. The van der Waals surface area contributed by atoms with Crippen molar-refractivity contribution >= 4 is 17.4 Å². The summed E-state index contributed by atoms with van der Waals surface area (Å²) in [6, 6.07) is 0. The van der Waals surface area contributed by atoms with E-state index in [2.05, 4.69) is 9.97 Å². The monoisotopic (exact) mass is 245 g/mol. The fraction of sp³-hybridized carbons (Fsp3) is 0.600. The van der Waals surface area contributed by atoms with Gasteiger partial charge < -0.3 is 15.1 Å². The summed E-state index contributed by atoms with van der Waals surface area (Å²) in [5, 5.41) is 18.3. The molecular formula is C10H16ClN3O2. The average Bonchev–Trinajstić information content (AvgIpc) is 2.28. The Hall–Kier alpha value is -0.910. The molecule has 0 fully saturated rings. The second-order valence-electron chi connectivity index (χ2n) is 3.25. The first-order chi connectivity index (χ1) is 7.74. The van der Waals surface area contributed by atoms with Crippen LogP contribution >= 0.6 is 11.6 Å². The zero-order valence-corrected chi connectivity index (χ0v) is 9.98. The number of aromatic nitrogens is 2. The van der Waals surface area contributed by atoms with Gasteiger partial charge in [-0.05, 0) is 6.42 Å². The van der Waals surface area contributed by atoms with Crippen LogP contribution in [0, 0.1) is 0 Å². The lowest BCUT2D eigenvalue weighted by Crippen LogP contribution is -2.31. The molecule has 0 bridgehead atoms. The molecule has 90 valence electrons. The third kappa shape index (κ3) is 3.04. The van der Waals surface area contributed by atoms with Gasteiger partial charge in [0.15, 0.2) is 0 Å². The van der Waals surface area contributed by atoms with Crippen LogP contribution < -0.4 is 4.90 Å². The summed E-state index contributed by atoms with van der Waals surface area (Å²) < 4.78 is 0. The van der Waals surface area contributed by atoms with Gasteiger partial charge in [0.2, 0.25) is 0 Å². The van der Waals surface area contributed by atoms with E-state index in [0.29, 0.717) is 30.5 Å². The van der Waals surface area contributed by atoms with Gasteiger partial charge >= 0.3 is 0 Å². The van der Waals surface area contributed by atoms with Crippen LogP contribution in [0.5, 0.6) is 0 Å². The van der Waals surface area contributed by atoms with Crippen molar-refractivity contribution in [3.63, 3.8) is 0 Å². The molecule has 1 aromatic rings. The van der Waals surface area contributed by atoms with Crippen LogP contribution in [0.4, 0.5) is 5.82 Å². The molecule has 0 unspecified atom stereocenters. The molecule has 5 nitrogen and oxygen atoms in total. The van der Waals surface area contributed by atoms with E-state index >= 15 is 0 Å². The molecule has 0 spiro atoms. The Morgan fingerprint density at radius 3 is 2.38 bits per heavy atom. The lowest BCUT2D eigenvalue weighted by molar-refractivity contribution is 0.280. The van der Waals surface area contributed by atoms with Gasteiger partial charge in [-0.1, -0.05) is 18.5 Å². The Morgan fingerprint density at radius 2 is 1.88 bits per heavy atom. The van der Waals surface area contributed by atoms with E-state index in [1.807, 2.05) is 6.92 Å². The Kier molecular flexibility index (Phi) is 5.45. The first-order valence-electron chi connectivity index (χ1n) is 5.20. The Morgan fingerprint density at radius 1 is 1.25 bits per heavy atom. The molecule has 0 saturated carbocycles. The molecule has 0 aromatic carbocycles. The van der Waals surface area contributed by atoms with Crippen molar-refractivity contribution in [3.05, 3.63) is 17.0 Å². The van der Waals surface area contributed by atoms with Crippen LogP contribution in [0.2, 0.25) is 5.15 Å². The van der Waals surface area contributed by atoms with E-state index < -0.39 is 0 Å². The number of halogens is 1. The van der Waals surface area contributed by atoms with Gasteiger partial charge in [0.05, 0.1) is 13.2 Å². The Labute approximate surface area is 99.7 Å². The van der Waals surface area contributed by atoms with E-state index in [-0.39, 0.29) is 13.2 Å². The lowest BCUT2D eigenvalue weighted by Gasteiger charge is -2.24. The molecule has 6 heteroatoms. The molecule has 0 aliphatic heterocycles. The van der Waals surface area contributed by atoms with Gasteiger partial charge in [-0.15, -0.1) is 0 Å². The molecule has 0 aliphatic carbocycles. The minimum absolute atomic E-state index is 0.00474. The fourth-order valence-corrected chi connectivity index (χ4v) is 1.79. The molecule has 1 aromatic heterocycles. The molecule has 1 rings (SSSR count). The van der Waals surface area contributed by atoms with Gasteiger partial charge in [0.1, 0.15) is 17.3 Å². The van der Waals surface area contributed by atoms with Crippen LogP contribution in [0.1, 0.15) is 12.5 Å². The smallest absolute Gasteiger partial charge is 0.137 e. The summed E-state index contributed by atoms with van der Waals surface area (Å²) in [6.45, 7) is 2.81. The normalized spacial score (nSPS) is 10.5. The molecular weight excluding hydrogens is 230 g/mol. The maximum atomic E-state index is 8.96. The van der Waals surface area contributed by atoms with Crippen LogP contribution in [-0.4, -0.2) is 46.5 Å². The maximum absolute atomic E-state index is 8.96. The van der Waals surface area contributed by atoms with Gasteiger partial charge in [-0.3, -0.25) is 0 Å². The predicted molar refractivity (Wildman–Crippen MR) is 62.8 cm³/mol. The van der Waals surface area contributed by atoms with Crippen LogP contribution in [0.3, 0.4) is 0 Å². The second-order valence-corrected chi connectivity index (χ2v) is 3.61. The third-order valence-corrected chi connectivity index (χ3v) is 2.59. The number of aliphatic hydroxyl groups is 2. The highest BCUT2D eigenvalue weighted by atomic mass is 35.5. The molecule has 16 heavy (non-hydrogen) atoms. The van der Waals surface area contributed by atoms with Crippen molar-refractivity contribution in [1.29, 1.82) is 0 Å². The summed E-state index contributed by atoms with van der Waals surface area (Å²) in [6.07, 6.45) is 2.10. The number of rotatable bonds is 6. The highest BCUT2D eigenvalue weighted by Gasteiger charge is 2.14. The Bertz CT molecular complexity index is 330. The van der Waals surface area contributed by atoms with E-state index in [1.54, 1.807) is 4.90 Å².